The largest absolute Gasteiger partial charge is 0.343 e. The predicted molar refractivity (Wildman–Crippen MR) is 276 cm³/mol. The average Bonchev–Trinajstić information content (AvgIpc) is 4.18. The summed E-state index contributed by atoms with van der Waals surface area (Å²) in [5, 5.41) is 15.1. The van der Waals surface area contributed by atoms with Crippen molar-refractivity contribution in [1.29, 1.82) is 0 Å². The monoisotopic (exact) mass is 1000 g/mol. The van der Waals surface area contributed by atoms with Crippen molar-refractivity contribution in [3.05, 3.63) is 29.8 Å². The van der Waals surface area contributed by atoms with Crippen molar-refractivity contribution in [3.8, 4) is 0 Å². The molecule has 30 N–H and O–H groups in total. The average molecular weight is 1000 g/mol. The molecule has 0 amide bonds. The second-order valence-electron chi connectivity index (χ2n) is 18.8. The molecule has 1 aromatic rings. The van der Waals surface area contributed by atoms with Gasteiger partial charge in [-0.05, 0) is 144 Å². The second-order valence-corrected chi connectivity index (χ2v) is 18.8. The summed E-state index contributed by atoms with van der Waals surface area (Å²) < 4.78 is 0. The molecule has 1 aromatic carbocycles. The molecule has 0 bridgehead atoms. The van der Waals surface area contributed by atoms with E-state index in [0.29, 0.717) is 36.3 Å². The Hall–Kier alpha value is -6.28. The highest BCUT2D eigenvalue weighted by atomic mass is 16.1. The van der Waals surface area contributed by atoms with Crippen LogP contribution in [-0.4, -0.2) is 142 Å². The van der Waals surface area contributed by atoms with E-state index in [4.69, 9.17) is 57.3 Å². The number of benzene rings is 1. The Morgan fingerprint density at radius 1 is 0.634 bits per heavy atom. The lowest BCUT2D eigenvalue weighted by Crippen LogP contribution is -2.87. The van der Waals surface area contributed by atoms with E-state index in [9.17, 15) is 24.0 Å². The number of Topliss-reactive ketones (excluding diaryl/α,β-unsaturated/α-hetero) is 5. The first-order chi connectivity index (χ1) is 33.2. The fourth-order valence-electron chi connectivity index (χ4n) is 9.02. The van der Waals surface area contributed by atoms with Crippen LogP contribution in [0.4, 0.5) is 5.69 Å². The van der Waals surface area contributed by atoms with E-state index in [1.54, 1.807) is 55.8 Å². The molecule has 4 saturated carbocycles. The van der Waals surface area contributed by atoms with Gasteiger partial charge in [0, 0.05) is 11.8 Å². The molecule has 0 aromatic heterocycles. The molecule has 0 heterocycles. The van der Waals surface area contributed by atoms with Gasteiger partial charge in [0.2, 0.25) is 0 Å². The van der Waals surface area contributed by atoms with Gasteiger partial charge in [-0.25, -0.2) is 4.99 Å². The van der Waals surface area contributed by atoms with Crippen LogP contribution in [0.25, 0.3) is 0 Å². The summed E-state index contributed by atoms with van der Waals surface area (Å²) in [5.74, 6) is 3.47. The highest BCUT2D eigenvalue weighted by Gasteiger charge is 2.57. The minimum atomic E-state index is -0.331. The summed E-state index contributed by atoms with van der Waals surface area (Å²) in [7, 11) is 8.98. The molecule has 400 valence electrons. The number of nitrogens with two attached hydrogens (primary N) is 10. The van der Waals surface area contributed by atoms with E-state index in [1.165, 1.54) is 0 Å². The normalized spacial score (nSPS) is 25.1. The number of guanidine groups is 5. The third-order valence-corrected chi connectivity index (χ3v) is 13.5. The van der Waals surface area contributed by atoms with Crippen molar-refractivity contribution < 1.29 is 48.9 Å². The van der Waals surface area contributed by atoms with E-state index >= 15 is 0 Å². The molecule has 0 saturated heterocycles. The summed E-state index contributed by atoms with van der Waals surface area (Å²) >= 11 is 0. The molecule has 4 aliphatic rings. The van der Waals surface area contributed by atoms with Gasteiger partial charge in [-0.15, -0.1) is 0 Å². The highest BCUT2D eigenvalue weighted by molar-refractivity contribution is 5.90. The molecule has 25 heteroatoms. The Labute approximate surface area is 418 Å². The predicted octanol–water partition coefficient (Wildman–Crippen LogP) is -12.7. The third-order valence-electron chi connectivity index (χ3n) is 13.5. The molecule has 71 heavy (non-hydrogen) atoms. The van der Waals surface area contributed by atoms with Crippen molar-refractivity contribution in [2.45, 2.75) is 121 Å². The molecular formula is C46H91N20O5+5. The fraction of sp³-hybridized carbons (Fsp3) is 0.652. The topological polar surface area (TPSA) is 476 Å². The van der Waals surface area contributed by atoms with Crippen LogP contribution >= 0.6 is 0 Å². The van der Waals surface area contributed by atoms with Crippen LogP contribution in [-0.2, 0) is 24.0 Å². The number of ketones is 5. The van der Waals surface area contributed by atoms with Crippen LogP contribution in [0, 0.1) is 23.7 Å². The molecule has 5 rings (SSSR count). The van der Waals surface area contributed by atoms with Gasteiger partial charge in [0.1, 0.15) is 23.1 Å². The smallest absolute Gasteiger partial charge is 0.311 e. The van der Waals surface area contributed by atoms with Gasteiger partial charge in [-0.1, -0.05) is 12.1 Å². The van der Waals surface area contributed by atoms with E-state index < -0.39 is 0 Å². The zero-order valence-corrected chi connectivity index (χ0v) is 43.7. The van der Waals surface area contributed by atoms with E-state index in [-0.39, 0.29) is 94.0 Å². The lowest BCUT2D eigenvalue weighted by Gasteiger charge is -2.45. The summed E-state index contributed by atoms with van der Waals surface area (Å²) in [6, 6.07) is 7.56. The zero-order valence-electron chi connectivity index (χ0n) is 43.7. The Morgan fingerprint density at radius 3 is 1.59 bits per heavy atom. The maximum atomic E-state index is 11.4. The second kappa shape index (κ2) is 29.8. The first-order valence-electron chi connectivity index (χ1n) is 23.9. The van der Waals surface area contributed by atoms with Crippen LogP contribution < -0.4 is 109 Å². The van der Waals surface area contributed by atoms with Gasteiger partial charge in [-0.2, -0.15) is 0 Å². The van der Waals surface area contributed by atoms with Gasteiger partial charge in [-0.3, -0.25) is 101 Å². The van der Waals surface area contributed by atoms with Crippen LogP contribution in [0.1, 0.15) is 91.2 Å². The fourth-order valence-corrected chi connectivity index (χ4v) is 9.02. The first kappa shape index (κ1) is 62.7. The summed E-state index contributed by atoms with van der Waals surface area (Å²) in [6.07, 6.45) is 6.60. The number of hydrogen-bond donors (Lipinski definition) is 20. The Bertz CT molecular complexity index is 2070. The number of carbonyl (C=O) groups is 5. The SMILES string of the molecule is CNC1(C(C)=O)CC(C[NH+]=C(N)N)C1.CN[C@@H](CC1CCC1[NH+]=C(N)N)C(C)=O.CN[C@H](C(C)=O)C1CC1[NH+]=C(N)N.CN[C@H](C(C)=O)c1cccc([NH+]=C(N)N)c1.CN[C@]1(C(C)=O)CC1C[NH+]=C(N)N. The molecule has 5 unspecified atom stereocenters. The van der Waals surface area contributed by atoms with Crippen molar-refractivity contribution in [1.82, 2.24) is 26.6 Å². The van der Waals surface area contributed by atoms with Gasteiger partial charge >= 0.3 is 29.8 Å². The van der Waals surface area contributed by atoms with Crippen molar-refractivity contribution in [2.75, 3.05) is 48.3 Å². The maximum absolute atomic E-state index is 11.4. The number of nitrogens with one attached hydrogen (secondary N) is 10. The van der Waals surface area contributed by atoms with Crippen LogP contribution in [0.15, 0.2) is 24.3 Å². The lowest BCUT2D eigenvalue weighted by atomic mass is 9.66. The Balaban J connectivity index is 0.000000445. The van der Waals surface area contributed by atoms with Crippen molar-refractivity contribution in [2.24, 2.45) is 81.0 Å². The van der Waals surface area contributed by atoms with E-state index in [1.807, 2.05) is 38.4 Å². The van der Waals surface area contributed by atoms with Crippen LogP contribution in [0.5, 0.6) is 0 Å². The molecule has 9 atom stereocenters. The standard InChI is InChI=1S/C11H16N4O.C10H20N4O.C9H18N4O.2C8H16N4O/c1-7(16)10(14-2)8-4-3-5-9(6-8)15-11(12)13;1-6(15)9(13-2)5-7-3-4-8(7)14-10(11)12;1-6(14)9(12-2)3-7(4-9)5-13-8(10)11;1-5(13)8(11-2)3-6(8)4-12-7(9)10;1-4(13)7(11-2)5-3-6(5)12-8(9)10/h3-6,10,14H,1-2H3,(H4,12,13,15);7-9,13H,3-5H2,1-2H3,(H4,11,12,14);7,12H,3-5H2,1-2H3,(H4,10,11,13);6,11H,3-4H2,1-2H3,(H4,9,10,12);5-7,11H,3H2,1-2H3,(H4,9,10,12)/p+5/t10-;7?,8?,9-;;6?,8-;5?,6?,7-/m10.01/s1. The van der Waals surface area contributed by atoms with Crippen molar-refractivity contribution >= 4 is 64.4 Å². The molecule has 25 nitrogen and oxygen atoms in total. The van der Waals surface area contributed by atoms with Gasteiger partial charge in [0.25, 0.3) is 0 Å². The third kappa shape index (κ3) is 20.9. The quantitative estimate of drug-likeness (QED) is 0.0402. The van der Waals surface area contributed by atoms with Crippen molar-refractivity contribution in [3.63, 3.8) is 0 Å². The summed E-state index contributed by atoms with van der Waals surface area (Å²) in [5.41, 5.74) is 54.1. The summed E-state index contributed by atoms with van der Waals surface area (Å²) in [4.78, 5) is 70.8. The molecule has 0 radical (unpaired) electrons. The minimum Gasteiger partial charge on any atom is -0.311 e. The van der Waals surface area contributed by atoms with E-state index in [0.717, 1.165) is 62.7 Å². The number of carbonyl (C=O) groups excluding carboxylic acids is 5. The molecular weight excluding hydrogens is 913 g/mol. The molecule has 0 aliphatic heterocycles. The summed E-state index contributed by atoms with van der Waals surface area (Å²) in [6.45, 7) is 9.39. The van der Waals surface area contributed by atoms with Crippen LogP contribution in [0.3, 0.4) is 0 Å². The zero-order chi connectivity index (χ0) is 54.4. The number of rotatable bonds is 21. The lowest BCUT2D eigenvalue weighted by molar-refractivity contribution is -0.533. The number of likely N-dealkylation sites (N-methyl/N-ethyl adjacent to an activating group) is 5. The van der Waals surface area contributed by atoms with Crippen LogP contribution in [0.2, 0.25) is 0 Å². The highest BCUT2D eigenvalue weighted by Crippen LogP contribution is 2.42. The molecule has 4 fully saturated rings. The Kier molecular flexibility index (Phi) is 26.3. The van der Waals surface area contributed by atoms with Gasteiger partial charge < -0.3 is 26.6 Å². The molecule has 4 aliphatic carbocycles. The minimum absolute atomic E-state index is 0.0430. The maximum Gasteiger partial charge on any atom is 0.343 e. The van der Waals surface area contributed by atoms with Gasteiger partial charge in [0.15, 0.2) is 5.78 Å². The van der Waals surface area contributed by atoms with Gasteiger partial charge in [0.05, 0.1) is 60.1 Å². The number of hydrogen-bond acceptors (Lipinski definition) is 10. The first-order valence-corrected chi connectivity index (χ1v) is 23.9. The Morgan fingerprint density at radius 2 is 1.21 bits per heavy atom. The van der Waals surface area contributed by atoms with E-state index in [2.05, 4.69) is 51.5 Å². The molecule has 0 spiro atoms.